The second-order valence-electron chi connectivity index (χ2n) is 4.03. The highest BCUT2D eigenvalue weighted by atomic mass is 35.5. The molecule has 1 aromatic heterocycles. The number of carbonyl (C=O) groups is 1. The number of nitrogens with zero attached hydrogens (tertiary/aromatic N) is 2. The predicted octanol–water partition coefficient (Wildman–Crippen LogP) is 2.19. The van der Waals surface area contributed by atoms with Gasteiger partial charge in [0.2, 0.25) is 0 Å². The number of nitrogens with one attached hydrogen (secondary N) is 1. The Morgan fingerprint density at radius 2 is 2.00 bits per heavy atom. The molecule has 2 rings (SSSR count). The van der Waals surface area contributed by atoms with Crippen LogP contribution in [0.2, 0.25) is 5.15 Å². The SMILES string of the molecule is O=C(NC1CCCCC1)c1cnc(Cl)cn1. The van der Waals surface area contributed by atoms with Crippen molar-refractivity contribution in [3.8, 4) is 0 Å². The van der Waals surface area contributed by atoms with Gasteiger partial charge in [-0.1, -0.05) is 30.9 Å². The fraction of sp³-hybridized carbons (Fsp3) is 0.545. The molecule has 0 radical (unpaired) electrons. The molecule has 16 heavy (non-hydrogen) atoms. The smallest absolute Gasteiger partial charge is 0.271 e. The minimum absolute atomic E-state index is 0.156. The molecule has 1 saturated carbocycles. The molecule has 0 spiro atoms. The van der Waals surface area contributed by atoms with Gasteiger partial charge >= 0.3 is 0 Å². The Morgan fingerprint density at radius 3 is 2.62 bits per heavy atom. The summed E-state index contributed by atoms with van der Waals surface area (Å²) in [7, 11) is 0. The van der Waals surface area contributed by atoms with Gasteiger partial charge in [-0.25, -0.2) is 9.97 Å². The van der Waals surface area contributed by atoms with Gasteiger partial charge < -0.3 is 5.32 Å². The van der Waals surface area contributed by atoms with Crippen molar-refractivity contribution in [3.63, 3.8) is 0 Å². The summed E-state index contributed by atoms with van der Waals surface area (Å²) >= 11 is 5.60. The first-order valence-corrected chi connectivity index (χ1v) is 5.92. The highest BCUT2D eigenvalue weighted by molar-refractivity contribution is 6.29. The van der Waals surface area contributed by atoms with Crippen molar-refractivity contribution in [2.24, 2.45) is 0 Å². The largest absolute Gasteiger partial charge is 0.348 e. The maximum absolute atomic E-state index is 11.8. The second kappa shape index (κ2) is 5.25. The fourth-order valence-electron chi connectivity index (χ4n) is 1.94. The van der Waals surface area contributed by atoms with Crippen molar-refractivity contribution in [1.82, 2.24) is 15.3 Å². The quantitative estimate of drug-likeness (QED) is 0.861. The summed E-state index contributed by atoms with van der Waals surface area (Å²) in [5.41, 5.74) is 0.329. The molecule has 0 unspecified atom stereocenters. The first kappa shape index (κ1) is 11.3. The molecule has 1 fully saturated rings. The van der Waals surface area contributed by atoms with E-state index < -0.39 is 0 Å². The average Bonchev–Trinajstić information content (AvgIpc) is 2.31. The van der Waals surface area contributed by atoms with Crippen LogP contribution in [-0.4, -0.2) is 21.9 Å². The maximum Gasteiger partial charge on any atom is 0.271 e. The van der Waals surface area contributed by atoms with Crippen LogP contribution in [0.15, 0.2) is 12.4 Å². The molecule has 86 valence electrons. The monoisotopic (exact) mass is 239 g/mol. The van der Waals surface area contributed by atoms with Crippen LogP contribution in [0, 0.1) is 0 Å². The van der Waals surface area contributed by atoms with E-state index in [9.17, 15) is 4.79 Å². The van der Waals surface area contributed by atoms with Crippen LogP contribution in [0.3, 0.4) is 0 Å². The van der Waals surface area contributed by atoms with E-state index in [2.05, 4.69) is 15.3 Å². The zero-order valence-electron chi connectivity index (χ0n) is 8.95. The molecule has 1 aliphatic rings. The van der Waals surface area contributed by atoms with Gasteiger partial charge in [-0.3, -0.25) is 4.79 Å². The molecule has 0 saturated heterocycles. The van der Waals surface area contributed by atoms with Gasteiger partial charge in [0.25, 0.3) is 5.91 Å². The number of hydrogen-bond donors (Lipinski definition) is 1. The molecular weight excluding hydrogens is 226 g/mol. The van der Waals surface area contributed by atoms with Crippen LogP contribution in [0.4, 0.5) is 0 Å². The third-order valence-corrected chi connectivity index (χ3v) is 2.99. The van der Waals surface area contributed by atoms with Gasteiger partial charge in [-0.2, -0.15) is 0 Å². The van der Waals surface area contributed by atoms with Crippen LogP contribution < -0.4 is 5.32 Å². The number of carbonyl (C=O) groups excluding carboxylic acids is 1. The van der Waals surface area contributed by atoms with E-state index in [1.165, 1.54) is 31.7 Å². The lowest BCUT2D eigenvalue weighted by Gasteiger charge is -2.22. The molecule has 1 heterocycles. The molecule has 1 N–H and O–H groups in total. The molecule has 0 atom stereocenters. The first-order chi connectivity index (χ1) is 7.75. The summed E-state index contributed by atoms with van der Waals surface area (Å²) in [6.45, 7) is 0. The summed E-state index contributed by atoms with van der Waals surface area (Å²) in [5, 5.41) is 3.27. The molecule has 0 aromatic carbocycles. The molecule has 0 bridgehead atoms. The highest BCUT2D eigenvalue weighted by Gasteiger charge is 2.17. The van der Waals surface area contributed by atoms with Crippen LogP contribution in [0.5, 0.6) is 0 Å². The molecule has 1 amide bonds. The molecule has 4 nitrogen and oxygen atoms in total. The van der Waals surface area contributed by atoms with Gasteiger partial charge in [0, 0.05) is 6.04 Å². The summed E-state index contributed by atoms with van der Waals surface area (Å²) in [6, 6.07) is 0.290. The lowest BCUT2D eigenvalue weighted by molar-refractivity contribution is 0.0922. The summed E-state index contributed by atoms with van der Waals surface area (Å²) in [5.74, 6) is -0.156. The van der Waals surface area contributed by atoms with Crippen LogP contribution in [0.1, 0.15) is 42.6 Å². The Balaban J connectivity index is 1.94. The van der Waals surface area contributed by atoms with E-state index in [0.717, 1.165) is 12.8 Å². The fourth-order valence-corrected chi connectivity index (χ4v) is 2.03. The van der Waals surface area contributed by atoms with Crippen molar-refractivity contribution in [1.29, 1.82) is 0 Å². The molecular formula is C11H14ClN3O. The van der Waals surface area contributed by atoms with Gasteiger partial charge in [-0.05, 0) is 12.8 Å². The highest BCUT2D eigenvalue weighted by Crippen LogP contribution is 2.17. The van der Waals surface area contributed by atoms with Crippen molar-refractivity contribution < 1.29 is 4.79 Å². The van der Waals surface area contributed by atoms with E-state index in [-0.39, 0.29) is 5.91 Å². The zero-order chi connectivity index (χ0) is 11.4. The Bertz CT molecular complexity index is 360. The normalized spacial score (nSPS) is 17.1. The number of hydrogen-bond acceptors (Lipinski definition) is 3. The zero-order valence-corrected chi connectivity index (χ0v) is 9.70. The number of amides is 1. The molecule has 0 aliphatic heterocycles. The van der Waals surface area contributed by atoms with E-state index >= 15 is 0 Å². The second-order valence-corrected chi connectivity index (χ2v) is 4.42. The van der Waals surface area contributed by atoms with E-state index in [4.69, 9.17) is 11.6 Å². The number of halogens is 1. The van der Waals surface area contributed by atoms with Gasteiger partial charge in [0.1, 0.15) is 10.8 Å². The van der Waals surface area contributed by atoms with Crippen molar-refractivity contribution >= 4 is 17.5 Å². The lowest BCUT2D eigenvalue weighted by Crippen LogP contribution is -2.36. The predicted molar refractivity (Wildman–Crippen MR) is 61.4 cm³/mol. The van der Waals surface area contributed by atoms with Gasteiger partial charge in [-0.15, -0.1) is 0 Å². The van der Waals surface area contributed by atoms with E-state index in [1.54, 1.807) is 0 Å². The number of aromatic nitrogens is 2. The minimum Gasteiger partial charge on any atom is -0.348 e. The van der Waals surface area contributed by atoms with Gasteiger partial charge in [0.05, 0.1) is 12.4 Å². The van der Waals surface area contributed by atoms with E-state index in [1.807, 2.05) is 0 Å². The summed E-state index contributed by atoms with van der Waals surface area (Å²) in [4.78, 5) is 19.5. The summed E-state index contributed by atoms with van der Waals surface area (Å²) in [6.07, 6.45) is 8.57. The van der Waals surface area contributed by atoms with E-state index in [0.29, 0.717) is 16.9 Å². The molecule has 5 heteroatoms. The Hall–Kier alpha value is -1.16. The van der Waals surface area contributed by atoms with Crippen LogP contribution in [0.25, 0.3) is 0 Å². The van der Waals surface area contributed by atoms with Gasteiger partial charge in [0.15, 0.2) is 0 Å². The minimum atomic E-state index is -0.156. The van der Waals surface area contributed by atoms with Crippen molar-refractivity contribution in [2.45, 2.75) is 38.1 Å². The third-order valence-electron chi connectivity index (χ3n) is 2.79. The average molecular weight is 240 g/mol. The Kier molecular flexibility index (Phi) is 3.72. The maximum atomic E-state index is 11.8. The van der Waals surface area contributed by atoms with Crippen molar-refractivity contribution in [3.05, 3.63) is 23.2 Å². The standard InChI is InChI=1S/C11H14ClN3O/c12-10-7-13-9(6-14-10)11(16)15-8-4-2-1-3-5-8/h6-8H,1-5H2,(H,15,16). The van der Waals surface area contributed by atoms with Crippen LogP contribution in [-0.2, 0) is 0 Å². The lowest BCUT2D eigenvalue weighted by atomic mass is 9.95. The topological polar surface area (TPSA) is 54.9 Å². The molecule has 1 aliphatic carbocycles. The number of rotatable bonds is 2. The molecule has 1 aromatic rings. The third kappa shape index (κ3) is 2.92. The first-order valence-electron chi connectivity index (χ1n) is 5.54. The Morgan fingerprint density at radius 1 is 1.25 bits per heavy atom. The van der Waals surface area contributed by atoms with Crippen LogP contribution >= 0.6 is 11.6 Å². The summed E-state index contributed by atoms with van der Waals surface area (Å²) < 4.78 is 0. The Labute approximate surface area is 99.4 Å². The van der Waals surface area contributed by atoms with Crippen molar-refractivity contribution in [2.75, 3.05) is 0 Å².